The molecule has 3 aromatic rings. The summed E-state index contributed by atoms with van der Waals surface area (Å²) in [5, 5.41) is 0. The van der Waals surface area contributed by atoms with Gasteiger partial charge in [0.05, 0.1) is 29.9 Å². The van der Waals surface area contributed by atoms with Crippen LogP contribution in [0.5, 0.6) is 11.5 Å². The number of rotatable bonds is 1. The zero-order chi connectivity index (χ0) is 19.0. The number of methoxy groups -OCH3 is 1. The lowest BCUT2D eigenvalue weighted by molar-refractivity contribution is 0.272. The number of hydrogen-bond acceptors (Lipinski definition) is 4. The Labute approximate surface area is 163 Å². The van der Waals surface area contributed by atoms with Gasteiger partial charge in [-0.15, -0.1) is 0 Å². The van der Waals surface area contributed by atoms with Crippen molar-refractivity contribution < 1.29 is 9.47 Å². The first-order valence-electron chi connectivity index (χ1n) is 9.68. The molecular weight excluding hydrogens is 350 g/mol. The van der Waals surface area contributed by atoms with Crippen LogP contribution in [0, 0.1) is 5.41 Å². The maximum Gasteiger partial charge on any atom is 0.231 e. The fourth-order valence-electron chi connectivity index (χ4n) is 4.80. The fourth-order valence-corrected chi connectivity index (χ4v) is 4.80. The minimum Gasteiger partial charge on any atom is -0.497 e. The Morgan fingerprint density at radius 3 is 2.86 bits per heavy atom. The van der Waals surface area contributed by atoms with Gasteiger partial charge in [-0.25, -0.2) is 9.98 Å². The number of benzene rings is 2. The number of fused-ring (bicyclic) bond motifs is 6. The Morgan fingerprint density at radius 2 is 2.00 bits per heavy atom. The summed E-state index contributed by atoms with van der Waals surface area (Å²) in [7, 11) is 1.69. The lowest BCUT2D eigenvalue weighted by Crippen LogP contribution is -2.36. The molecule has 0 saturated carbocycles. The van der Waals surface area contributed by atoms with Gasteiger partial charge in [0.2, 0.25) is 5.95 Å². The summed E-state index contributed by atoms with van der Waals surface area (Å²) in [6, 6.07) is 14.4. The number of para-hydroxylation sites is 2. The molecule has 3 aliphatic rings. The Bertz CT molecular complexity index is 1220. The van der Waals surface area contributed by atoms with E-state index in [0.717, 1.165) is 58.4 Å². The Kier molecular flexibility index (Phi) is 2.99. The molecular formula is C23H21N3O2. The van der Waals surface area contributed by atoms with Gasteiger partial charge in [0.15, 0.2) is 0 Å². The molecule has 0 amide bonds. The second-order valence-electron chi connectivity index (χ2n) is 8.59. The van der Waals surface area contributed by atoms with Crippen LogP contribution in [0.3, 0.4) is 0 Å². The van der Waals surface area contributed by atoms with Crippen LogP contribution in [0.4, 0.5) is 5.95 Å². The number of imidazole rings is 1. The summed E-state index contributed by atoms with van der Waals surface area (Å²) >= 11 is 0. The van der Waals surface area contributed by atoms with Crippen molar-refractivity contribution in [2.24, 2.45) is 10.4 Å². The highest BCUT2D eigenvalue weighted by atomic mass is 16.5. The van der Waals surface area contributed by atoms with Crippen LogP contribution in [0.25, 0.3) is 11.0 Å². The first-order chi connectivity index (χ1) is 13.5. The molecule has 0 radical (unpaired) electrons. The number of allylic oxidation sites excluding steroid dienone is 2. The molecule has 1 unspecified atom stereocenters. The predicted octanol–water partition coefficient (Wildman–Crippen LogP) is 5.19. The van der Waals surface area contributed by atoms with E-state index in [0.29, 0.717) is 0 Å². The zero-order valence-electron chi connectivity index (χ0n) is 16.2. The molecule has 5 heteroatoms. The van der Waals surface area contributed by atoms with E-state index in [1.165, 1.54) is 5.57 Å². The van der Waals surface area contributed by atoms with Gasteiger partial charge >= 0.3 is 0 Å². The quantitative estimate of drug-likeness (QED) is 0.592. The molecule has 3 heterocycles. The minimum atomic E-state index is 0.0376. The summed E-state index contributed by atoms with van der Waals surface area (Å²) in [5.74, 6) is 3.49. The van der Waals surface area contributed by atoms with Gasteiger partial charge in [-0.3, -0.25) is 4.57 Å². The van der Waals surface area contributed by atoms with E-state index in [2.05, 4.69) is 42.7 Å². The largest absolute Gasteiger partial charge is 0.497 e. The lowest BCUT2D eigenvalue weighted by atomic mass is 9.72. The molecule has 1 aliphatic carbocycles. The second kappa shape index (κ2) is 5.25. The highest BCUT2D eigenvalue weighted by Crippen LogP contribution is 2.52. The van der Waals surface area contributed by atoms with Gasteiger partial charge in [0.1, 0.15) is 17.3 Å². The molecule has 140 valence electrons. The van der Waals surface area contributed by atoms with Gasteiger partial charge in [-0.2, -0.15) is 0 Å². The third-order valence-electron chi connectivity index (χ3n) is 5.99. The number of ether oxygens (including phenoxy) is 2. The van der Waals surface area contributed by atoms with Gasteiger partial charge < -0.3 is 9.47 Å². The van der Waals surface area contributed by atoms with Crippen molar-refractivity contribution >= 4 is 22.7 Å². The maximum absolute atomic E-state index is 6.44. The smallest absolute Gasteiger partial charge is 0.231 e. The molecule has 0 spiro atoms. The highest BCUT2D eigenvalue weighted by Gasteiger charge is 2.44. The monoisotopic (exact) mass is 371 g/mol. The molecule has 0 saturated heterocycles. The van der Waals surface area contributed by atoms with Gasteiger partial charge in [0, 0.05) is 23.6 Å². The molecule has 0 bridgehead atoms. The highest BCUT2D eigenvalue weighted by molar-refractivity contribution is 6.06. The van der Waals surface area contributed by atoms with Crippen LogP contribution in [0.2, 0.25) is 0 Å². The topological polar surface area (TPSA) is 48.6 Å². The summed E-state index contributed by atoms with van der Waals surface area (Å²) in [4.78, 5) is 9.83. The average molecular weight is 371 g/mol. The van der Waals surface area contributed by atoms with Crippen LogP contribution >= 0.6 is 0 Å². The molecule has 2 aromatic carbocycles. The Balaban J connectivity index is 1.69. The molecule has 5 nitrogen and oxygen atoms in total. The van der Waals surface area contributed by atoms with Crippen molar-refractivity contribution in [3.63, 3.8) is 0 Å². The third kappa shape index (κ3) is 2.07. The van der Waals surface area contributed by atoms with Crippen molar-refractivity contribution in [3.05, 3.63) is 59.4 Å². The normalized spacial score (nSPS) is 21.4. The van der Waals surface area contributed by atoms with Gasteiger partial charge in [-0.05, 0) is 36.1 Å². The summed E-state index contributed by atoms with van der Waals surface area (Å²) in [6.45, 7) is 4.55. The first kappa shape index (κ1) is 15.9. The number of aliphatic imine (C=N–C) groups is 1. The molecule has 2 aliphatic heterocycles. The predicted molar refractivity (Wildman–Crippen MR) is 109 cm³/mol. The van der Waals surface area contributed by atoms with Crippen LogP contribution in [0.15, 0.2) is 58.8 Å². The van der Waals surface area contributed by atoms with Crippen molar-refractivity contribution in [1.29, 1.82) is 0 Å². The minimum absolute atomic E-state index is 0.0376. The van der Waals surface area contributed by atoms with Crippen molar-refractivity contribution in [2.75, 3.05) is 7.11 Å². The SMILES string of the molecule is COc1ccc2c(c1)OC1=C3C(=Nc4nc5ccccc5n4C32)CC(C)(C)C1. The van der Waals surface area contributed by atoms with Gasteiger partial charge in [-0.1, -0.05) is 26.0 Å². The number of hydrogen-bond donors (Lipinski definition) is 0. The average Bonchev–Trinajstić information content (AvgIpc) is 3.04. The van der Waals surface area contributed by atoms with Crippen LogP contribution < -0.4 is 9.47 Å². The Morgan fingerprint density at radius 1 is 1.14 bits per heavy atom. The fraction of sp³-hybridized carbons (Fsp3) is 0.304. The van der Waals surface area contributed by atoms with E-state index in [1.54, 1.807) is 7.11 Å². The second-order valence-corrected chi connectivity index (χ2v) is 8.59. The van der Waals surface area contributed by atoms with E-state index < -0.39 is 0 Å². The summed E-state index contributed by atoms with van der Waals surface area (Å²) < 4.78 is 14.2. The first-order valence-corrected chi connectivity index (χ1v) is 9.68. The molecule has 6 rings (SSSR count). The molecule has 1 atom stereocenters. The maximum atomic E-state index is 6.44. The van der Waals surface area contributed by atoms with Crippen molar-refractivity contribution in [1.82, 2.24) is 9.55 Å². The van der Waals surface area contributed by atoms with Crippen molar-refractivity contribution in [3.8, 4) is 11.5 Å². The summed E-state index contributed by atoms with van der Waals surface area (Å²) in [6.07, 6.45) is 1.83. The molecule has 28 heavy (non-hydrogen) atoms. The van der Waals surface area contributed by atoms with E-state index in [4.69, 9.17) is 19.5 Å². The molecule has 0 N–H and O–H groups in total. The Hall–Kier alpha value is -3.08. The van der Waals surface area contributed by atoms with Gasteiger partial charge in [0.25, 0.3) is 0 Å². The van der Waals surface area contributed by atoms with E-state index in [-0.39, 0.29) is 11.5 Å². The third-order valence-corrected chi connectivity index (χ3v) is 5.99. The lowest BCUT2D eigenvalue weighted by Gasteiger charge is -2.42. The molecule has 1 aromatic heterocycles. The zero-order valence-corrected chi connectivity index (χ0v) is 16.2. The molecule has 0 fully saturated rings. The van der Waals surface area contributed by atoms with E-state index >= 15 is 0 Å². The van der Waals surface area contributed by atoms with Crippen LogP contribution in [-0.4, -0.2) is 22.4 Å². The van der Waals surface area contributed by atoms with Crippen LogP contribution in [0.1, 0.15) is 38.3 Å². The number of aromatic nitrogens is 2. The number of nitrogens with zero attached hydrogens (tertiary/aromatic N) is 3. The van der Waals surface area contributed by atoms with E-state index in [9.17, 15) is 0 Å². The standard InChI is InChI=1S/C23H21N3O2/c1-23(2)11-16-20-19(12-23)28-18-10-13(27-3)8-9-14(18)21(20)26-17-7-5-4-6-15(17)24-22(26)25-16/h4-10,21H,11-12H2,1-3H3. The van der Waals surface area contributed by atoms with Crippen LogP contribution in [-0.2, 0) is 0 Å². The van der Waals surface area contributed by atoms with Crippen molar-refractivity contribution in [2.45, 2.75) is 32.7 Å². The van der Waals surface area contributed by atoms with E-state index in [1.807, 2.05) is 18.2 Å². The summed E-state index contributed by atoms with van der Waals surface area (Å²) in [5.41, 5.74) is 5.64.